The Labute approximate surface area is 173 Å². The minimum absolute atomic E-state index is 0.105. The van der Waals surface area contributed by atoms with Crippen LogP contribution in [-0.2, 0) is 11.3 Å². The molecule has 30 heavy (non-hydrogen) atoms. The summed E-state index contributed by atoms with van der Waals surface area (Å²) in [6, 6.07) is 22.1. The van der Waals surface area contributed by atoms with Crippen LogP contribution in [0.15, 0.2) is 78.9 Å². The Morgan fingerprint density at radius 1 is 0.900 bits per heavy atom. The molecule has 0 unspecified atom stereocenters. The first-order valence-corrected chi connectivity index (χ1v) is 9.22. The fourth-order valence-corrected chi connectivity index (χ4v) is 2.79. The van der Waals surface area contributed by atoms with E-state index in [0.29, 0.717) is 23.5 Å². The van der Waals surface area contributed by atoms with Gasteiger partial charge in [-0.3, -0.25) is 19.7 Å². The van der Waals surface area contributed by atoms with Gasteiger partial charge in [0, 0.05) is 30.1 Å². The Bertz CT molecular complexity index is 1050. The lowest BCUT2D eigenvalue weighted by molar-refractivity contribution is -0.384. The van der Waals surface area contributed by atoms with Gasteiger partial charge < -0.3 is 16.0 Å². The first-order chi connectivity index (χ1) is 14.5. The minimum Gasteiger partial charge on any atom is -0.376 e. The van der Waals surface area contributed by atoms with Gasteiger partial charge in [-0.15, -0.1) is 0 Å². The molecule has 3 N–H and O–H groups in total. The summed E-state index contributed by atoms with van der Waals surface area (Å²) in [7, 11) is 0. The van der Waals surface area contributed by atoms with Crippen LogP contribution in [-0.4, -0.2) is 23.3 Å². The number of nitro groups is 1. The number of nitro benzene ring substituents is 1. The zero-order valence-electron chi connectivity index (χ0n) is 16.0. The number of rotatable bonds is 8. The molecular formula is C22H20N4O4. The Morgan fingerprint density at radius 2 is 1.63 bits per heavy atom. The molecule has 0 saturated carbocycles. The molecule has 0 fully saturated rings. The molecule has 0 spiro atoms. The molecule has 8 heteroatoms. The second-order valence-corrected chi connectivity index (χ2v) is 6.42. The fraction of sp³-hybridized carbons (Fsp3) is 0.0909. The van der Waals surface area contributed by atoms with Gasteiger partial charge in [0.2, 0.25) is 5.91 Å². The second-order valence-electron chi connectivity index (χ2n) is 6.42. The molecule has 0 heterocycles. The number of nitrogens with one attached hydrogen (secondary N) is 3. The molecular weight excluding hydrogens is 384 g/mol. The van der Waals surface area contributed by atoms with Crippen LogP contribution in [0.25, 0.3) is 0 Å². The summed E-state index contributed by atoms with van der Waals surface area (Å²) >= 11 is 0. The minimum atomic E-state index is -0.530. The Hall–Kier alpha value is -4.20. The number of amides is 2. The summed E-state index contributed by atoms with van der Waals surface area (Å²) in [6.07, 6.45) is 0. The predicted molar refractivity (Wildman–Crippen MR) is 114 cm³/mol. The van der Waals surface area contributed by atoms with Crippen LogP contribution in [0.2, 0.25) is 0 Å². The number of non-ortho nitro benzene ring substituents is 1. The average molecular weight is 404 g/mol. The quantitative estimate of drug-likeness (QED) is 0.392. The molecule has 152 valence electrons. The molecule has 0 aliphatic rings. The highest BCUT2D eigenvalue weighted by Crippen LogP contribution is 2.18. The summed E-state index contributed by atoms with van der Waals surface area (Å²) in [6.45, 7) is 0.285. The third-order valence-corrected chi connectivity index (χ3v) is 4.25. The van der Waals surface area contributed by atoms with E-state index in [4.69, 9.17) is 0 Å². The highest BCUT2D eigenvalue weighted by Gasteiger charge is 2.12. The number of anilines is 2. The van der Waals surface area contributed by atoms with Crippen LogP contribution in [0.1, 0.15) is 15.9 Å². The van der Waals surface area contributed by atoms with Gasteiger partial charge in [-0.25, -0.2) is 0 Å². The van der Waals surface area contributed by atoms with Gasteiger partial charge in [-0.2, -0.15) is 0 Å². The molecule has 0 aliphatic carbocycles. The normalized spacial score (nSPS) is 10.1. The lowest BCUT2D eigenvalue weighted by Crippen LogP contribution is -2.26. The average Bonchev–Trinajstić information content (AvgIpc) is 2.77. The topological polar surface area (TPSA) is 113 Å². The summed E-state index contributed by atoms with van der Waals surface area (Å²) in [5, 5.41) is 19.2. The molecule has 3 aromatic rings. The molecule has 0 saturated heterocycles. The van der Waals surface area contributed by atoms with Crippen molar-refractivity contribution >= 4 is 28.9 Å². The summed E-state index contributed by atoms with van der Waals surface area (Å²) in [5.74, 6) is -0.656. The Morgan fingerprint density at radius 3 is 2.40 bits per heavy atom. The van der Waals surface area contributed by atoms with Crippen LogP contribution < -0.4 is 16.0 Å². The van der Waals surface area contributed by atoms with Gasteiger partial charge in [-0.1, -0.05) is 48.5 Å². The van der Waals surface area contributed by atoms with Crippen molar-refractivity contribution in [1.82, 2.24) is 5.32 Å². The molecule has 0 aliphatic heterocycles. The molecule has 0 aromatic heterocycles. The lowest BCUT2D eigenvalue weighted by atomic mass is 10.1. The molecule has 0 atom stereocenters. The maximum atomic E-state index is 12.6. The number of carbonyl (C=O) groups excluding carboxylic acids is 2. The van der Waals surface area contributed by atoms with E-state index in [2.05, 4.69) is 16.0 Å². The van der Waals surface area contributed by atoms with Crippen molar-refractivity contribution in [1.29, 1.82) is 0 Å². The Balaban J connectivity index is 1.59. The number of benzene rings is 3. The molecule has 0 bridgehead atoms. The standard InChI is InChI=1S/C22H20N4O4/c27-21(25-17-9-6-10-18(13-17)26(29)30)15-23-20-12-5-4-11-19(20)22(28)24-14-16-7-2-1-3-8-16/h1-13,23H,14-15H2,(H,24,28)(H,25,27). The number of hydrogen-bond donors (Lipinski definition) is 3. The molecule has 3 aromatic carbocycles. The Kier molecular flexibility index (Phi) is 6.73. The summed E-state index contributed by atoms with van der Waals surface area (Å²) in [4.78, 5) is 35.1. The van der Waals surface area contributed by atoms with Crippen LogP contribution in [0, 0.1) is 10.1 Å². The smallest absolute Gasteiger partial charge is 0.271 e. The summed E-state index contributed by atoms with van der Waals surface area (Å²) < 4.78 is 0. The predicted octanol–water partition coefficient (Wildman–Crippen LogP) is 3.58. The first-order valence-electron chi connectivity index (χ1n) is 9.22. The van der Waals surface area contributed by atoms with E-state index in [1.165, 1.54) is 18.2 Å². The largest absolute Gasteiger partial charge is 0.376 e. The van der Waals surface area contributed by atoms with Crippen LogP contribution in [0.5, 0.6) is 0 Å². The van der Waals surface area contributed by atoms with E-state index in [9.17, 15) is 19.7 Å². The van der Waals surface area contributed by atoms with Gasteiger partial charge in [0.15, 0.2) is 0 Å². The molecule has 3 rings (SSSR count). The molecule has 2 amide bonds. The van der Waals surface area contributed by atoms with Crippen molar-refractivity contribution in [2.45, 2.75) is 6.54 Å². The van der Waals surface area contributed by atoms with Crippen molar-refractivity contribution < 1.29 is 14.5 Å². The lowest BCUT2D eigenvalue weighted by Gasteiger charge is -2.12. The monoisotopic (exact) mass is 404 g/mol. The number of nitrogens with zero attached hydrogens (tertiary/aromatic N) is 1. The van der Waals surface area contributed by atoms with E-state index in [0.717, 1.165) is 5.56 Å². The van der Waals surface area contributed by atoms with Crippen LogP contribution in [0.3, 0.4) is 0 Å². The maximum Gasteiger partial charge on any atom is 0.271 e. The van der Waals surface area contributed by atoms with E-state index < -0.39 is 10.8 Å². The van der Waals surface area contributed by atoms with E-state index in [1.807, 2.05) is 30.3 Å². The number of carbonyl (C=O) groups is 2. The van der Waals surface area contributed by atoms with Gasteiger partial charge in [0.1, 0.15) is 0 Å². The van der Waals surface area contributed by atoms with E-state index >= 15 is 0 Å². The van der Waals surface area contributed by atoms with Gasteiger partial charge in [-0.05, 0) is 23.8 Å². The fourth-order valence-electron chi connectivity index (χ4n) is 2.79. The summed E-state index contributed by atoms with van der Waals surface area (Å²) in [5.41, 5.74) is 2.12. The van der Waals surface area contributed by atoms with Crippen molar-refractivity contribution in [3.8, 4) is 0 Å². The van der Waals surface area contributed by atoms with Crippen molar-refractivity contribution in [2.24, 2.45) is 0 Å². The third-order valence-electron chi connectivity index (χ3n) is 4.25. The number of para-hydroxylation sites is 1. The van der Waals surface area contributed by atoms with Crippen molar-refractivity contribution in [3.05, 3.63) is 100 Å². The zero-order valence-corrected chi connectivity index (χ0v) is 16.0. The van der Waals surface area contributed by atoms with E-state index in [1.54, 1.807) is 30.3 Å². The highest BCUT2D eigenvalue weighted by atomic mass is 16.6. The SMILES string of the molecule is O=C(CNc1ccccc1C(=O)NCc1ccccc1)Nc1cccc([N+](=O)[O-])c1. The second kappa shape index (κ2) is 9.83. The zero-order chi connectivity index (χ0) is 21.3. The van der Waals surface area contributed by atoms with Crippen LogP contribution in [0.4, 0.5) is 17.1 Å². The molecule has 8 nitrogen and oxygen atoms in total. The number of hydrogen-bond acceptors (Lipinski definition) is 5. The first kappa shape index (κ1) is 20.5. The highest BCUT2D eigenvalue weighted by molar-refractivity contribution is 6.00. The molecule has 0 radical (unpaired) electrons. The van der Waals surface area contributed by atoms with Crippen molar-refractivity contribution in [2.75, 3.05) is 17.2 Å². The van der Waals surface area contributed by atoms with Gasteiger partial charge in [0.05, 0.1) is 17.0 Å². The maximum absolute atomic E-state index is 12.6. The van der Waals surface area contributed by atoms with Gasteiger partial charge in [0.25, 0.3) is 11.6 Å². The third kappa shape index (κ3) is 5.65. The van der Waals surface area contributed by atoms with Crippen LogP contribution >= 0.6 is 0 Å². The van der Waals surface area contributed by atoms with E-state index in [-0.39, 0.29) is 18.1 Å². The van der Waals surface area contributed by atoms with Crippen molar-refractivity contribution in [3.63, 3.8) is 0 Å². The van der Waals surface area contributed by atoms with Gasteiger partial charge >= 0.3 is 0 Å².